The monoisotopic (exact) mass is 409 g/mol. The summed E-state index contributed by atoms with van der Waals surface area (Å²) in [4.78, 5) is 38.1. The summed E-state index contributed by atoms with van der Waals surface area (Å²) < 4.78 is 5.54. The molecule has 0 radical (unpaired) electrons. The van der Waals surface area contributed by atoms with Crippen LogP contribution in [0.4, 0.5) is 11.4 Å². The minimum Gasteiger partial charge on any atom is -0.484 e. The zero-order valence-electron chi connectivity index (χ0n) is 17.3. The van der Waals surface area contributed by atoms with Crippen molar-refractivity contribution in [3.8, 4) is 5.75 Å². The third-order valence-electron chi connectivity index (χ3n) is 4.87. The van der Waals surface area contributed by atoms with Gasteiger partial charge < -0.3 is 20.3 Å². The second-order valence-electron chi connectivity index (χ2n) is 7.40. The highest BCUT2D eigenvalue weighted by molar-refractivity contribution is 6.00. The number of nitrogens with one attached hydrogen (secondary N) is 2. The summed E-state index contributed by atoms with van der Waals surface area (Å²) >= 11 is 0. The maximum absolute atomic E-state index is 12.3. The molecule has 2 aromatic carbocycles. The van der Waals surface area contributed by atoms with Gasteiger partial charge in [0, 0.05) is 30.9 Å². The normalized spacial score (nSPS) is 15.7. The number of hydrogen-bond donors (Lipinski definition) is 2. The molecule has 0 bridgehead atoms. The molecule has 7 nitrogen and oxygen atoms in total. The van der Waals surface area contributed by atoms with Gasteiger partial charge in [0.1, 0.15) is 5.75 Å². The van der Waals surface area contributed by atoms with Gasteiger partial charge in [0.25, 0.3) is 5.91 Å². The van der Waals surface area contributed by atoms with Gasteiger partial charge in [0.15, 0.2) is 6.61 Å². The maximum atomic E-state index is 12.3. The van der Waals surface area contributed by atoms with E-state index >= 15 is 0 Å². The SMILES string of the molecule is CCCNC(=O)C1CC(=O)N(c2ccc(OCC(=O)Nc3cccc(C)c3)cc2)C1. The Kier molecular flexibility index (Phi) is 7.06. The van der Waals surface area contributed by atoms with Gasteiger partial charge in [-0.15, -0.1) is 0 Å². The van der Waals surface area contributed by atoms with E-state index in [4.69, 9.17) is 4.74 Å². The number of hydrogen-bond acceptors (Lipinski definition) is 4. The summed E-state index contributed by atoms with van der Waals surface area (Å²) in [7, 11) is 0. The van der Waals surface area contributed by atoms with Crippen LogP contribution in [0.3, 0.4) is 0 Å². The van der Waals surface area contributed by atoms with Crippen molar-refractivity contribution in [2.24, 2.45) is 5.92 Å². The first-order chi connectivity index (χ1) is 14.5. The molecule has 2 aromatic rings. The smallest absolute Gasteiger partial charge is 0.262 e. The summed E-state index contributed by atoms with van der Waals surface area (Å²) in [6.45, 7) is 4.82. The predicted molar refractivity (Wildman–Crippen MR) is 116 cm³/mol. The van der Waals surface area contributed by atoms with Gasteiger partial charge in [-0.25, -0.2) is 0 Å². The lowest BCUT2D eigenvalue weighted by Crippen LogP contribution is -2.33. The molecule has 1 unspecified atom stereocenters. The molecule has 30 heavy (non-hydrogen) atoms. The Morgan fingerprint density at radius 2 is 1.93 bits per heavy atom. The first-order valence-electron chi connectivity index (χ1n) is 10.1. The fraction of sp³-hybridized carbons (Fsp3) is 0.348. The summed E-state index contributed by atoms with van der Waals surface area (Å²) in [6, 6.07) is 14.5. The minimum absolute atomic E-state index is 0.0714. The van der Waals surface area contributed by atoms with Crippen LogP contribution in [0.1, 0.15) is 25.3 Å². The van der Waals surface area contributed by atoms with Crippen LogP contribution in [0.5, 0.6) is 5.75 Å². The van der Waals surface area contributed by atoms with E-state index in [0.29, 0.717) is 24.5 Å². The summed E-state index contributed by atoms with van der Waals surface area (Å²) in [6.07, 6.45) is 1.08. The van der Waals surface area contributed by atoms with Crippen molar-refractivity contribution in [1.82, 2.24) is 5.32 Å². The first-order valence-corrected chi connectivity index (χ1v) is 10.1. The van der Waals surface area contributed by atoms with Crippen molar-refractivity contribution in [3.05, 3.63) is 54.1 Å². The van der Waals surface area contributed by atoms with Gasteiger partial charge in [0.2, 0.25) is 11.8 Å². The topological polar surface area (TPSA) is 87.7 Å². The average molecular weight is 409 g/mol. The van der Waals surface area contributed by atoms with E-state index in [1.165, 1.54) is 0 Å². The number of amides is 3. The van der Waals surface area contributed by atoms with Crippen molar-refractivity contribution in [2.45, 2.75) is 26.7 Å². The highest BCUT2D eigenvalue weighted by atomic mass is 16.5. The summed E-state index contributed by atoms with van der Waals surface area (Å²) in [5.74, 6) is -0.197. The Morgan fingerprint density at radius 3 is 2.63 bits per heavy atom. The van der Waals surface area contributed by atoms with Crippen molar-refractivity contribution < 1.29 is 19.1 Å². The van der Waals surface area contributed by atoms with E-state index in [-0.39, 0.29) is 36.7 Å². The lowest BCUT2D eigenvalue weighted by Gasteiger charge is -2.17. The van der Waals surface area contributed by atoms with Gasteiger partial charge >= 0.3 is 0 Å². The molecule has 1 aliphatic heterocycles. The van der Waals surface area contributed by atoms with Gasteiger partial charge in [-0.3, -0.25) is 14.4 Å². The molecule has 0 aromatic heterocycles. The standard InChI is InChI=1S/C23H27N3O4/c1-3-11-24-23(29)17-13-22(28)26(14-17)19-7-9-20(10-8-19)30-15-21(27)25-18-6-4-5-16(2)12-18/h4-10,12,17H,3,11,13-15H2,1-2H3,(H,24,29)(H,25,27). The van der Waals surface area contributed by atoms with Gasteiger partial charge in [-0.2, -0.15) is 0 Å². The number of ether oxygens (including phenoxy) is 1. The van der Waals surface area contributed by atoms with E-state index in [1.807, 2.05) is 38.1 Å². The third kappa shape index (κ3) is 5.59. The Labute approximate surface area is 176 Å². The third-order valence-corrected chi connectivity index (χ3v) is 4.87. The molecule has 1 aliphatic rings. The number of carbonyl (C=O) groups is 3. The molecule has 2 N–H and O–H groups in total. The van der Waals surface area contributed by atoms with E-state index in [2.05, 4.69) is 10.6 Å². The largest absolute Gasteiger partial charge is 0.484 e. The Bertz CT molecular complexity index is 911. The van der Waals surface area contributed by atoms with Crippen molar-refractivity contribution in [2.75, 3.05) is 29.9 Å². The van der Waals surface area contributed by atoms with E-state index in [0.717, 1.165) is 17.7 Å². The molecule has 0 saturated carbocycles. The zero-order valence-corrected chi connectivity index (χ0v) is 17.3. The average Bonchev–Trinajstić information content (AvgIpc) is 3.12. The molecule has 0 aliphatic carbocycles. The lowest BCUT2D eigenvalue weighted by molar-refractivity contribution is -0.126. The predicted octanol–water partition coefficient (Wildman–Crippen LogP) is 2.89. The van der Waals surface area contributed by atoms with Crippen molar-refractivity contribution >= 4 is 29.1 Å². The quantitative estimate of drug-likeness (QED) is 0.702. The van der Waals surface area contributed by atoms with Crippen LogP contribution in [0.25, 0.3) is 0 Å². The molecular formula is C23H27N3O4. The molecule has 0 spiro atoms. The summed E-state index contributed by atoms with van der Waals surface area (Å²) in [5, 5.41) is 5.64. The maximum Gasteiger partial charge on any atom is 0.262 e. The molecule has 158 valence electrons. The van der Waals surface area contributed by atoms with Crippen LogP contribution in [0.15, 0.2) is 48.5 Å². The van der Waals surface area contributed by atoms with Crippen molar-refractivity contribution in [3.63, 3.8) is 0 Å². The number of aryl methyl sites for hydroxylation is 1. The number of anilines is 2. The van der Waals surface area contributed by atoms with E-state index < -0.39 is 0 Å². The number of nitrogens with zero attached hydrogens (tertiary/aromatic N) is 1. The molecule has 3 amide bonds. The fourth-order valence-electron chi connectivity index (χ4n) is 3.32. The lowest BCUT2D eigenvalue weighted by atomic mass is 10.1. The van der Waals surface area contributed by atoms with Gasteiger partial charge in [-0.05, 0) is 55.3 Å². The van der Waals surface area contributed by atoms with E-state index in [1.54, 1.807) is 29.2 Å². The first kappa shape index (κ1) is 21.4. The Balaban J connectivity index is 1.51. The highest BCUT2D eigenvalue weighted by Gasteiger charge is 2.34. The van der Waals surface area contributed by atoms with Crippen LogP contribution >= 0.6 is 0 Å². The second-order valence-corrected chi connectivity index (χ2v) is 7.40. The van der Waals surface area contributed by atoms with Gasteiger partial charge in [0.05, 0.1) is 5.92 Å². The van der Waals surface area contributed by atoms with Crippen LogP contribution < -0.4 is 20.3 Å². The van der Waals surface area contributed by atoms with Crippen molar-refractivity contribution in [1.29, 1.82) is 0 Å². The zero-order chi connectivity index (χ0) is 21.5. The second kappa shape index (κ2) is 9.91. The molecule has 1 saturated heterocycles. The minimum atomic E-state index is -0.328. The Hall–Kier alpha value is -3.35. The molecule has 3 rings (SSSR count). The molecule has 1 fully saturated rings. The van der Waals surface area contributed by atoms with Crippen LogP contribution in [0, 0.1) is 12.8 Å². The molecule has 1 heterocycles. The molecule has 1 atom stereocenters. The summed E-state index contributed by atoms with van der Waals surface area (Å²) in [5.41, 5.74) is 2.50. The van der Waals surface area contributed by atoms with E-state index in [9.17, 15) is 14.4 Å². The number of carbonyl (C=O) groups excluding carboxylic acids is 3. The molecule has 7 heteroatoms. The van der Waals surface area contributed by atoms with Crippen LogP contribution in [0.2, 0.25) is 0 Å². The van der Waals surface area contributed by atoms with Crippen LogP contribution in [-0.2, 0) is 14.4 Å². The van der Waals surface area contributed by atoms with Gasteiger partial charge in [-0.1, -0.05) is 19.1 Å². The fourth-order valence-corrected chi connectivity index (χ4v) is 3.32. The highest BCUT2D eigenvalue weighted by Crippen LogP contribution is 2.27. The molecular weight excluding hydrogens is 382 g/mol. The number of rotatable bonds is 8. The number of benzene rings is 2. The Morgan fingerprint density at radius 1 is 1.17 bits per heavy atom. The van der Waals surface area contributed by atoms with Crippen LogP contribution in [-0.4, -0.2) is 37.4 Å².